The third kappa shape index (κ3) is 2.43. The Bertz CT molecular complexity index is 432. The van der Waals surface area contributed by atoms with Crippen molar-refractivity contribution in [3.63, 3.8) is 0 Å². The van der Waals surface area contributed by atoms with E-state index in [9.17, 15) is 4.79 Å². The highest BCUT2D eigenvalue weighted by atomic mass is 16.2. The van der Waals surface area contributed by atoms with Crippen LogP contribution in [-0.2, 0) is 11.2 Å². The summed E-state index contributed by atoms with van der Waals surface area (Å²) in [7, 11) is 0. The molecule has 1 aromatic carbocycles. The zero-order valence-electron chi connectivity index (χ0n) is 11.9. The number of likely N-dealkylation sites (tertiary alicyclic amines) is 1. The minimum absolute atomic E-state index is 0.0640. The fourth-order valence-corrected chi connectivity index (χ4v) is 2.74. The Morgan fingerprint density at radius 3 is 2.33 bits per heavy atom. The lowest BCUT2D eigenvalue weighted by atomic mass is 9.82. The molecule has 1 aliphatic rings. The van der Waals surface area contributed by atoms with E-state index in [1.165, 1.54) is 5.56 Å². The zero-order chi connectivity index (χ0) is 13.4. The topological polar surface area (TPSA) is 20.3 Å². The minimum Gasteiger partial charge on any atom is -0.337 e. The van der Waals surface area contributed by atoms with Gasteiger partial charge in [0.25, 0.3) is 0 Å². The summed E-state index contributed by atoms with van der Waals surface area (Å²) < 4.78 is 0. The molecule has 1 amide bonds. The van der Waals surface area contributed by atoms with Crippen LogP contribution < -0.4 is 0 Å². The zero-order valence-corrected chi connectivity index (χ0v) is 11.9. The maximum Gasteiger partial charge on any atom is 0.229 e. The molecule has 0 spiro atoms. The van der Waals surface area contributed by atoms with Crippen molar-refractivity contribution in [3.8, 4) is 0 Å². The number of amides is 1. The van der Waals surface area contributed by atoms with Crippen LogP contribution in [0, 0.1) is 5.41 Å². The maximum atomic E-state index is 12.6. The molecule has 0 N–H and O–H groups in total. The summed E-state index contributed by atoms with van der Waals surface area (Å²) in [6.45, 7) is 9.32. The lowest BCUT2D eigenvalue weighted by Gasteiger charge is -2.33. The molecular weight excluding hydrogens is 222 g/mol. The second-order valence-corrected chi connectivity index (χ2v) is 6.60. The van der Waals surface area contributed by atoms with Crippen LogP contribution in [-0.4, -0.2) is 22.9 Å². The molecule has 1 heterocycles. The minimum atomic E-state index is -0.228. The molecule has 0 aliphatic carbocycles. The Hall–Kier alpha value is -1.31. The predicted octanol–water partition coefficient (Wildman–Crippen LogP) is 3.27. The van der Waals surface area contributed by atoms with Gasteiger partial charge in [-0.15, -0.1) is 0 Å². The molecule has 2 heteroatoms. The van der Waals surface area contributed by atoms with Crippen LogP contribution in [0.1, 0.15) is 39.7 Å². The van der Waals surface area contributed by atoms with E-state index in [1.54, 1.807) is 0 Å². The van der Waals surface area contributed by atoms with Crippen molar-refractivity contribution in [2.24, 2.45) is 5.41 Å². The van der Waals surface area contributed by atoms with Gasteiger partial charge in [-0.2, -0.15) is 0 Å². The lowest BCUT2D eigenvalue weighted by Crippen LogP contribution is -2.45. The summed E-state index contributed by atoms with van der Waals surface area (Å²) in [5.74, 6) is 0.304. The fraction of sp³-hybridized carbons (Fsp3) is 0.562. The van der Waals surface area contributed by atoms with Crippen LogP contribution in [0.25, 0.3) is 0 Å². The summed E-state index contributed by atoms with van der Waals surface area (Å²) in [5, 5.41) is 0. The van der Waals surface area contributed by atoms with Crippen LogP contribution in [0.2, 0.25) is 0 Å². The van der Waals surface area contributed by atoms with Gasteiger partial charge in [-0.25, -0.2) is 0 Å². The molecular formula is C16H23NO. The normalized spacial score (nSPS) is 24.7. The van der Waals surface area contributed by atoms with Crippen LogP contribution in [0.3, 0.4) is 0 Å². The molecule has 0 aromatic heterocycles. The number of hydrogen-bond donors (Lipinski definition) is 0. The first kappa shape index (κ1) is 13.1. The standard InChI is InChI=1S/C16H23NO/c1-15(2,3)17-11-10-16(4,14(17)18)12-13-8-6-5-7-9-13/h5-9H,10-12H2,1-4H3. The molecule has 1 aromatic rings. The summed E-state index contributed by atoms with van der Waals surface area (Å²) >= 11 is 0. The Balaban J connectivity index is 2.17. The Morgan fingerprint density at radius 2 is 1.83 bits per heavy atom. The highest BCUT2D eigenvalue weighted by Crippen LogP contribution is 2.38. The van der Waals surface area contributed by atoms with Gasteiger partial charge >= 0.3 is 0 Å². The third-order valence-corrected chi connectivity index (χ3v) is 3.90. The van der Waals surface area contributed by atoms with E-state index in [1.807, 2.05) is 23.1 Å². The highest BCUT2D eigenvalue weighted by Gasteiger charge is 2.45. The number of carbonyl (C=O) groups excluding carboxylic acids is 1. The second kappa shape index (κ2) is 4.42. The van der Waals surface area contributed by atoms with E-state index in [0.717, 1.165) is 19.4 Å². The first-order valence-corrected chi connectivity index (χ1v) is 6.69. The van der Waals surface area contributed by atoms with Crippen molar-refractivity contribution in [2.75, 3.05) is 6.54 Å². The third-order valence-electron chi connectivity index (χ3n) is 3.90. The first-order chi connectivity index (χ1) is 8.33. The smallest absolute Gasteiger partial charge is 0.229 e. The van der Waals surface area contributed by atoms with Crippen molar-refractivity contribution >= 4 is 5.91 Å². The fourth-order valence-electron chi connectivity index (χ4n) is 2.74. The maximum absolute atomic E-state index is 12.6. The number of hydrogen-bond acceptors (Lipinski definition) is 1. The molecule has 1 saturated heterocycles. The van der Waals surface area contributed by atoms with E-state index < -0.39 is 0 Å². The largest absolute Gasteiger partial charge is 0.337 e. The van der Waals surface area contributed by atoms with Crippen molar-refractivity contribution in [3.05, 3.63) is 35.9 Å². The van der Waals surface area contributed by atoms with Crippen molar-refractivity contribution in [1.82, 2.24) is 4.90 Å². The molecule has 0 saturated carbocycles. The molecule has 18 heavy (non-hydrogen) atoms. The highest BCUT2D eigenvalue weighted by molar-refractivity contribution is 5.85. The molecule has 2 nitrogen and oxygen atoms in total. The van der Waals surface area contributed by atoms with Gasteiger partial charge in [-0.3, -0.25) is 4.79 Å². The molecule has 0 bridgehead atoms. The molecule has 98 valence electrons. The molecule has 2 rings (SSSR count). The van der Waals surface area contributed by atoms with Crippen LogP contribution in [0.5, 0.6) is 0 Å². The average Bonchev–Trinajstić information content (AvgIpc) is 2.56. The van der Waals surface area contributed by atoms with Gasteiger partial charge in [0.1, 0.15) is 0 Å². The SMILES string of the molecule is CC1(Cc2ccccc2)CCN(C(C)(C)C)C1=O. The van der Waals surface area contributed by atoms with Gasteiger partial charge in [0, 0.05) is 12.1 Å². The Labute approximate surface area is 110 Å². The molecule has 0 radical (unpaired) electrons. The Kier molecular flexibility index (Phi) is 3.22. The van der Waals surface area contributed by atoms with Crippen LogP contribution in [0.15, 0.2) is 30.3 Å². The summed E-state index contributed by atoms with van der Waals surface area (Å²) in [6.07, 6.45) is 1.80. The molecule has 1 fully saturated rings. The molecule has 1 aliphatic heterocycles. The lowest BCUT2D eigenvalue weighted by molar-refractivity contribution is -0.139. The van der Waals surface area contributed by atoms with Crippen molar-refractivity contribution in [2.45, 2.75) is 46.1 Å². The second-order valence-electron chi connectivity index (χ2n) is 6.60. The summed E-state index contributed by atoms with van der Waals surface area (Å²) in [6, 6.07) is 10.3. The Morgan fingerprint density at radius 1 is 1.22 bits per heavy atom. The number of benzene rings is 1. The number of rotatable bonds is 2. The van der Waals surface area contributed by atoms with E-state index >= 15 is 0 Å². The van der Waals surface area contributed by atoms with Gasteiger partial charge in [-0.05, 0) is 39.2 Å². The monoisotopic (exact) mass is 245 g/mol. The van der Waals surface area contributed by atoms with Crippen molar-refractivity contribution in [1.29, 1.82) is 0 Å². The van der Waals surface area contributed by atoms with Crippen molar-refractivity contribution < 1.29 is 4.79 Å². The predicted molar refractivity (Wildman–Crippen MR) is 74.3 cm³/mol. The van der Waals surface area contributed by atoms with Crippen LogP contribution in [0.4, 0.5) is 0 Å². The van der Waals surface area contributed by atoms with Crippen LogP contribution >= 0.6 is 0 Å². The van der Waals surface area contributed by atoms with E-state index in [-0.39, 0.29) is 11.0 Å². The quantitative estimate of drug-likeness (QED) is 0.783. The summed E-state index contributed by atoms with van der Waals surface area (Å²) in [5.41, 5.74) is 0.962. The van der Waals surface area contributed by atoms with Gasteiger partial charge in [0.05, 0.1) is 5.41 Å². The van der Waals surface area contributed by atoms with Gasteiger partial charge in [-0.1, -0.05) is 37.3 Å². The van der Waals surface area contributed by atoms with Gasteiger partial charge in [0.15, 0.2) is 0 Å². The first-order valence-electron chi connectivity index (χ1n) is 6.69. The molecule has 1 unspecified atom stereocenters. The number of carbonyl (C=O) groups is 1. The summed E-state index contributed by atoms with van der Waals surface area (Å²) in [4.78, 5) is 14.6. The van der Waals surface area contributed by atoms with Gasteiger partial charge < -0.3 is 4.90 Å². The van der Waals surface area contributed by atoms with E-state index in [2.05, 4.69) is 39.8 Å². The molecule has 1 atom stereocenters. The average molecular weight is 245 g/mol. The van der Waals surface area contributed by atoms with E-state index in [4.69, 9.17) is 0 Å². The number of nitrogens with zero attached hydrogens (tertiary/aromatic N) is 1. The van der Waals surface area contributed by atoms with Gasteiger partial charge in [0.2, 0.25) is 5.91 Å². The van der Waals surface area contributed by atoms with E-state index in [0.29, 0.717) is 5.91 Å².